The van der Waals surface area contributed by atoms with E-state index in [1.54, 1.807) is 0 Å². The van der Waals surface area contributed by atoms with Gasteiger partial charge in [0.1, 0.15) is 5.75 Å². The molecule has 0 aliphatic heterocycles. The molecule has 18 heavy (non-hydrogen) atoms. The highest BCUT2D eigenvalue weighted by Gasteiger charge is 2.28. The Kier molecular flexibility index (Phi) is 3.82. The van der Waals surface area contributed by atoms with Crippen LogP contribution in [0, 0.1) is 29.1 Å². The maximum atomic E-state index is 13.0. The average Bonchev–Trinajstić information content (AvgIpc) is 2.30. The quantitative estimate of drug-likeness (QED) is 0.278. The molecular weight excluding hydrogens is 285 g/mol. The van der Waals surface area contributed by atoms with Crippen LogP contribution in [-0.2, 0) is 20.6 Å². The van der Waals surface area contributed by atoms with Gasteiger partial charge in [0.2, 0.25) is 5.82 Å². The zero-order chi connectivity index (χ0) is 14.1. The molecule has 0 heterocycles. The molecule has 0 fully saturated rings. The summed E-state index contributed by atoms with van der Waals surface area (Å²) in [6.07, 6.45) is 0.588. The Hall–Kier alpha value is -1.80. The molecule has 0 unspecified atom stereocenters. The van der Waals surface area contributed by atoms with Gasteiger partial charge in [-0.2, -0.15) is 0 Å². The molecule has 0 N–H and O–H groups in total. The van der Waals surface area contributed by atoms with Gasteiger partial charge in [-0.15, -0.1) is 0 Å². The molecular formula is C8H2F5NO3S. The van der Waals surface area contributed by atoms with Crippen molar-refractivity contribution in [2.24, 2.45) is 4.40 Å². The van der Waals surface area contributed by atoms with E-state index in [-0.39, 0.29) is 0 Å². The zero-order valence-corrected chi connectivity index (χ0v) is 8.99. The van der Waals surface area contributed by atoms with Crippen molar-refractivity contribution in [2.75, 3.05) is 0 Å². The zero-order valence-electron chi connectivity index (χ0n) is 8.18. The van der Waals surface area contributed by atoms with Crippen molar-refractivity contribution in [2.45, 2.75) is 5.75 Å². The highest BCUT2D eigenvalue weighted by Crippen LogP contribution is 2.24. The Labute approximate surface area is 96.8 Å². The summed E-state index contributed by atoms with van der Waals surface area (Å²) in [6.45, 7) is 0. The van der Waals surface area contributed by atoms with E-state index in [4.69, 9.17) is 0 Å². The lowest BCUT2D eigenvalue weighted by molar-refractivity contribution is 0.372. The van der Waals surface area contributed by atoms with Crippen LogP contribution in [-0.4, -0.2) is 14.5 Å². The molecule has 0 bridgehead atoms. The molecule has 0 spiro atoms. The lowest BCUT2D eigenvalue weighted by Gasteiger charge is -2.06. The van der Waals surface area contributed by atoms with E-state index in [9.17, 15) is 35.2 Å². The summed E-state index contributed by atoms with van der Waals surface area (Å²) in [5, 5.41) is 0. The molecule has 0 radical (unpaired) electrons. The van der Waals surface area contributed by atoms with Crippen LogP contribution in [0.1, 0.15) is 5.56 Å². The van der Waals surface area contributed by atoms with Crippen LogP contribution < -0.4 is 0 Å². The molecule has 1 aromatic carbocycles. The van der Waals surface area contributed by atoms with Crippen LogP contribution in [0.25, 0.3) is 0 Å². The van der Waals surface area contributed by atoms with Crippen molar-refractivity contribution >= 4 is 16.1 Å². The van der Waals surface area contributed by atoms with E-state index in [1.165, 1.54) is 0 Å². The molecule has 0 aliphatic rings. The standard InChI is InChI=1S/C8H2F5NO3S/c9-4-3(1-18(16,17)14-2-15)5(10)7(12)8(13)6(4)11/h1H2. The fraction of sp³-hybridized carbons (Fsp3) is 0.125. The second-order valence-corrected chi connectivity index (χ2v) is 4.59. The van der Waals surface area contributed by atoms with Crippen molar-refractivity contribution in [3.8, 4) is 0 Å². The van der Waals surface area contributed by atoms with Crippen molar-refractivity contribution < 1.29 is 35.2 Å². The van der Waals surface area contributed by atoms with Gasteiger partial charge in [0.25, 0.3) is 16.1 Å². The van der Waals surface area contributed by atoms with Crippen LogP contribution >= 0.6 is 0 Å². The largest absolute Gasteiger partial charge is 0.267 e. The van der Waals surface area contributed by atoms with Gasteiger partial charge in [0, 0.05) is 5.56 Å². The Morgan fingerprint density at radius 2 is 1.28 bits per heavy atom. The number of isocyanates is 1. The van der Waals surface area contributed by atoms with E-state index in [1.807, 2.05) is 0 Å². The van der Waals surface area contributed by atoms with Crippen LogP contribution in [0.3, 0.4) is 0 Å². The fourth-order valence-corrected chi connectivity index (χ4v) is 1.84. The third-order valence-corrected chi connectivity index (χ3v) is 2.81. The third kappa shape index (κ3) is 2.54. The molecule has 0 saturated heterocycles. The summed E-state index contributed by atoms with van der Waals surface area (Å²) < 4.78 is 88.1. The number of carbonyl (C=O) groups excluding carboxylic acids is 1. The van der Waals surface area contributed by atoms with Crippen LogP contribution in [0.2, 0.25) is 0 Å². The highest BCUT2D eigenvalue weighted by atomic mass is 32.2. The van der Waals surface area contributed by atoms with Crippen molar-refractivity contribution in [1.82, 2.24) is 0 Å². The number of benzene rings is 1. The van der Waals surface area contributed by atoms with E-state index < -0.39 is 50.4 Å². The summed E-state index contributed by atoms with van der Waals surface area (Å²) in [7, 11) is -4.71. The summed E-state index contributed by atoms with van der Waals surface area (Å²) in [4.78, 5) is 9.70. The van der Waals surface area contributed by atoms with Crippen LogP contribution in [0.4, 0.5) is 22.0 Å². The summed E-state index contributed by atoms with van der Waals surface area (Å²) in [5.41, 5.74) is -1.59. The fourth-order valence-electron chi connectivity index (χ4n) is 1.05. The molecule has 4 nitrogen and oxygen atoms in total. The van der Waals surface area contributed by atoms with Gasteiger partial charge in [-0.25, -0.2) is 35.2 Å². The summed E-state index contributed by atoms with van der Waals surface area (Å²) in [6, 6.07) is 0. The van der Waals surface area contributed by atoms with E-state index in [2.05, 4.69) is 4.40 Å². The summed E-state index contributed by atoms with van der Waals surface area (Å²) in [5.74, 6) is -13.2. The minimum atomic E-state index is -4.71. The Bertz CT molecular complexity index is 622. The van der Waals surface area contributed by atoms with Crippen LogP contribution in [0.5, 0.6) is 0 Å². The normalized spacial score (nSPS) is 11.2. The van der Waals surface area contributed by atoms with Gasteiger partial charge in [0.15, 0.2) is 23.3 Å². The molecule has 1 rings (SSSR count). The van der Waals surface area contributed by atoms with Crippen molar-refractivity contribution in [3.05, 3.63) is 34.6 Å². The average molecular weight is 287 g/mol. The molecule has 98 valence electrons. The second-order valence-electron chi connectivity index (χ2n) is 2.96. The Morgan fingerprint density at radius 1 is 0.889 bits per heavy atom. The van der Waals surface area contributed by atoms with Gasteiger partial charge in [-0.05, 0) is 0 Å². The van der Waals surface area contributed by atoms with Gasteiger partial charge < -0.3 is 0 Å². The minimum absolute atomic E-state index is 0.588. The van der Waals surface area contributed by atoms with Crippen molar-refractivity contribution in [1.29, 1.82) is 0 Å². The Balaban J connectivity index is 3.49. The molecule has 0 amide bonds. The molecule has 0 saturated carbocycles. The monoisotopic (exact) mass is 287 g/mol. The van der Waals surface area contributed by atoms with Gasteiger partial charge >= 0.3 is 0 Å². The minimum Gasteiger partial charge on any atom is -0.210 e. The number of hydrogen-bond acceptors (Lipinski definition) is 3. The van der Waals surface area contributed by atoms with E-state index in [0.717, 1.165) is 0 Å². The number of hydrogen-bond donors (Lipinski definition) is 0. The van der Waals surface area contributed by atoms with Gasteiger partial charge in [-0.3, -0.25) is 0 Å². The first-order chi connectivity index (χ1) is 8.21. The van der Waals surface area contributed by atoms with Gasteiger partial charge in [-0.1, -0.05) is 4.40 Å². The first-order valence-electron chi connectivity index (χ1n) is 4.03. The molecule has 10 heteroatoms. The maximum absolute atomic E-state index is 13.0. The number of sulfonamides is 1. The van der Waals surface area contributed by atoms with E-state index in [0.29, 0.717) is 6.08 Å². The lowest BCUT2D eigenvalue weighted by atomic mass is 10.2. The van der Waals surface area contributed by atoms with Crippen LogP contribution in [0.15, 0.2) is 4.40 Å². The first kappa shape index (κ1) is 14.3. The predicted octanol–water partition coefficient (Wildman–Crippen LogP) is 1.55. The number of halogens is 5. The smallest absolute Gasteiger partial charge is 0.210 e. The van der Waals surface area contributed by atoms with Gasteiger partial charge in [0.05, 0.1) is 0 Å². The highest BCUT2D eigenvalue weighted by molar-refractivity contribution is 7.89. The summed E-state index contributed by atoms with van der Waals surface area (Å²) >= 11 is 0. The lowest BCUT2D eigenvalue weighted by Crippen LogP contribution is -2.11. The SMILES string of the molecule is O=C=NS(=O)(=O)Cc1c(F)c(F)c(F)c(F)c1F. The number of rotatable bonds is 3. The first-order valence-corrected chi connectivity index (χ1v) is 5.64. The number of nitrogens with zero attached hydrogens (tertiary/aromatic N) is 1. The Morgan fingerprint density at radius 3 is 1.67 bits per heavy atom. The van der Waals surface area contributed by atoms with E-state index >= 15 is 0 Å². The maximum Gasteiger partial charge on any atom is 0.267 e. The topological polar surface area (TPSA) is 63.6 Å². The molecule has 1 aromatic rings. The predicted molar refractivity (Wildman–Crippen MR) is 47.0 cm³/mol. The second kappa shape index (κ2) is 4.83. The third-order valence-electron chi connectivity index (χ3n) is 1.80. The molecule has 0 atom stereocenters. The van der Waals surface area contributed by atoms with Crippen molar-refractivity contribution in [3.63, 3.8) is 0 Å². The molecule has 0 aliphatic carbocycles. The molecule has 0 aromatic heterocycles.